The van der Waals surface area contributed by atoms with Gasteiger partial charge in [-0.05, 0) is 35.8 Å². The fourth-order valence-electron chi connectivity index (χ4n) is 2.81. The van der Waals surface area contributed by atoms with E-state index in [-0.39, 0.29) is 0 Å². The fourth-order valence-corrected chi connectivity index (χ4v) is 2.81. The molecular formula is C20H36. The van der Waals surface area contributed by atoms with E-state index in [1.54, 1.807) is 0 Å². The van der Waals surface area contributed by atoms with E-state index in [1.807, 2.05) is 13.8 Å². The molecule has 0 saturated heterocycles. The number of benzene rings is 1. The second-order valence-corrected chi connectivity index (χ2v) is 6.01. The van der Waals surface area contributed by atoms with Crippen molar-refractivity contribution in [2.45, 2.75) is 80.1 Å². The molecule has 20 heavy (non-hydrogen) atoms. The van der Waals surface area contributed by atoms with Gasteiger partial charge in [0, 0.05) is 0 Å². The van der Waals surface area contributed by atoms with Gasteiger partial charge in [0.1, 0.15) is 0 Å². The van der Waals surface area contributed by atoms with E-state index in [4.69, 9.17) is 0 Å². The van der Waals surface area contributed by atoms with E-state index in [0.29, 0.717) is 0 Å². The molecule has 2 atom stereocenters. The molecular weight excluding hydrogens is 240 g/mol. The molecule has 1 aromatic rings. The van der Waals surface area contributed by atoms with E-state index >= 15 is 0 Å². The van der Waals surface area contributed by atoms with Crippen LogP contribution in [0.25, 0.3) is 0 Å². The zero-order valence-electron chi connectivity index (χ0n) is 14.7. The van der Waals surface area contributed by atoms with Crippen molar-refractivity contribution in [1.29, 1.82) is 0 Å². The van der Waals surface area contributed by atoms with Crippen LogP contribution in [0.15, 0.2) is 24.3 Å². The SMILES string of the molecule is CC.CCCC(C)Cc1ccc(CC(C)CCC)cc1. The highest BCUT2D eigenvalue weighted by Gasteiger charge is 2.05. The molecule has 0 aliphatic carbocycles. The van der Waals surface area contributed by atoms with Crippen molar-refractivity contribution < 1.29 is 0 Å². The first-order valence-electron chi connectivity index (χ1n) is 8.73. The summed E-state index contributed by atoms with van der Waals surface area (Å²) in [6.07, 6.45) is 7.75. The Labute approximate surface area is 128 Å². The Morgan fingerprint density at radius 2 is 1.00 bits per heavy atom. The molecule has 0 heterocycles. The first-order chi connectivity index (χ1) is 9.65. The average Bonchev–Trinajstić information content (AvgIpc) is 2.44. The van der Waals surface area contributed by atoms with Crippen LogP contribution in [-0.2, 0) is 12.8 Å². The Balaban J connectivity index is 0.00000172. The summed E-state index contributed by atoms with van der Waals surface area (Å²) in [5, 5.41) is 0. The first-order valence-corrected chi connectivity index (χ1v) is 8.73. The molecule has 2 unspecified atom stereocenters. The molecule has 0 radical (unpaired) electrons. The zero-order valence-corrected chi connectivity index (χ0v) is 14.7. The summed E-state index contributed by atoms with van der Waals surface area (Å²) >= 11 is 0. The summed E-state index contributed by atoms with van der Waals surface area (Å²) in [6, 6.07) is 9.33. The second-order valence-electron chi connectivity index (χ2n) is 6.01. The lowest BCUT2D eigenvalue weighted by atomic mass is 9.93. The Morgan fingerprint density at radius 1 is 0.700 bits per heavy atom. The van der Waals surface area contributed by atoms with Gasteiger partial charge in [0.25, 0.3) is 0 Å². The Kier molecular flexibility index (Phi) is 11.5. The smallest absolute Gasteiger partial charge is 0.0253 e. The quantitative estimate of drug-likeness (QED) is 0.497. The van der Waals surface area contributed by atoms with Crippen molar-refractivity contribution in [3.8, 4) is 0 Å². The molecule has 116 valence electrons. The number of rotatable bonds is 8. The maximum absolute atomic E-state index is 2.36. The molecule has 0 aliphatic heterocycles. The minimum absolute atomic E-state index is 0.819. The molecule has 0 bridgehead atoms. The van der Waals surface area contributed by atoms with Crippen LogP contribution >= 0.6 is 0 Å². The van der Waals surface area contributed by atoms with Crippen LogP contribution in [0.5, 0.6) is 0 Å². The van der Waals surface area contributed by atoms with Gasteiger partial charge in [-0.1, -0.05) is 91.5 Å². The normalized spacial score (nSPS) is 13.3. The molecule has 0 heteroatoms. The third kappa shape index (κ3) is 8.40. The summed E-state index contributed by atoms with van der Waals surface area (Å²) in [6.45, 7) is 13.3. The average molecular weight is 277 g/mol. The Bertz CT molecular complexity index is 276. The third-order valence-electron chi connectivity index (χ3n) is 3.75. The van der Waals surface area contributed by atoms with Crippen LogP contribution in [0.1, 0.15) is 78.4 Å². The van der Waals surface area contributed by atoms with Gasteiger partial charge < -0.3 is 0 Å². The molecule has 1 rings (SSSR count). The van der Waals surface area contributed by atoms with Crippen molar-refractivity contribution in [3.05, 3.63) is 35.4 Å². The summed E-state index contributed by atoms with van der Waals surface area (Å²) in [5.41, 5.74) is 3.01. The summed E-state index contributed by atoms with van der Waals surface area (Å²) in [5.74, 6) is 1.64. The van der Waals surface area contributed by atoms with Crippen LogP contribution in [0.2, 0.25) is 0 Å². The van der Waals surface area contributed by atoms with Crippen molar-refractivity contribution in [2.24, 2.45) is 11.8 Å². The fraction of sp³-hybridized carbons (Fsp3) is 0.700. The molecule has 0 spiro atoms. The van der Waals surface area contributed by atoms with Crippen LogP contribution in [0, 0.1) is 11.8 Å². The molecule has 0 aromatic heterocycles. The predicted octanol–water partition coefficient (Wildman–Crippen LogP) is 6.67. The minimum Gasteiger partial charge on any atom is -0.0683 e. The lowest BCUT2D eigenvalue weighted by molar-refractivity contribution is 0.519. The van der Waals surface area contributed by atoms with Gasteiger partial charge in [-0.15, -0.1) is 0 Å². The minimum atomic E-state index is 0.819. The van der Waals surface area contributed by atoms with Crippen LogP contribution in [0.4, 0.5) is 0 Å². The highest BCUT2D eigenvalue weighted by molar-refractivity contribution is 5.23. The number of hydrogen-bond acceptors (Lipinski definition) is 0. The first kappa shape index (κ1) is 19.2. The molecule has 0 saturated carbocycles. The van der Waals surface area contributed by atoms with Gasteiger partial charge in [0.05, 0.1) is 0 Å². The monoisotopic (exact) mass is 276 g/mol. The van der Waals surface area contributed by atoms with Crippen molar-refractivity contribution >= 4 is 0 Å². The Hall–Kier alpha value is -0.780. The van der Waals surface area contributed by atoms with Gasteiger partial charge >= 0.3 is 0 Å². The van der Waals surface area contributed by atoms with Crippen LogP contribution in [-0.4, -0.2) is 0 Å². The maximum atomic E-state index is 2.36. The zero-order chi connectivity index (χ0) is 15.4. The van der Waals surface area contributed by atoms with Crippen molar-refractivity contribution in [1.82, 2.24) is 0 Å². The topological polar surface area (TPSA) is 0 Å². The van der Waals surface area contributed by atoms with Gasteiger partial charge in [-0.2, -0.15) is 0 Å². The summed E-state index contributed by atoms with van der Waals surface area (Å²) in [7, 11) is 0. The molecule has 0 amide bonds. The number of hydrogen-bond donors (Lipinski definition) is 0. The van der Waals surface area contributed by atoms with Crippen molar-refractivity contribution in [3.63, 3.8) is 0 Å². The van der Waals surface area contributed by atoms with E-state index in [2.05, 4.69) is 52.0 Å². The van der Waals surface area contributed by atoms with E-state index < -0.39 is 0 Å². The molecule has 0 N–H and O–H groups in total. The van der Waals surface area contributed by atoms with Crippen LogP contribution < -0.4 is 0 Å². The maximum Gasteiger partial charge on any atom is -0.0253 e. The third-order valence-corrected chi connectivity index (χ3v) is 3.75. The van der Waals surface area contributed by atoms with Gasteiger partial charge in [0.15, 0.2) is 0 Å². The Morgan fingerprint density at radius 3 is 1.25 bits per heavy atom. The van der Waals surface area contributed by atoms with Gasteiger partial charge in [-0.3, -0.25) is 0 Å². The van der Waals surface area contributed by atoms with Gasteiger partial charge in [-0.25, -0.2) is 0 Å². The molecule has 1 aromatic carbocycles. The van der Waals surface area contributed by atoms with E-state index in [9.17, 15) is 0 Å². The molecule has 0 fully saturated rings. The summed E-state index contributed by atoms with van der Waals surface area (Å²) in [4.78, 5) is 0. The van der Waals surface area contributed by atoms with E-state index in [0.717, 1.165) is 11.8 Å². The molecule has 0 nitrogen and oxygen atoms in total. The summed E-state index contributed by atoms with van der Waals surface area (Å²) < 4.78 is 0. The largest absolute Gasteiger partial charge is 0.0683 e. The predicted molar refractivity (Wildman–Crippen MR) is 93.3 cm³/mol. The highest BCUT2D eigenvalue weighted by Crippen LogP contribution is 2.17. The lowest BCUT2D eigenvalue weighted by Gasteiger charge is -2.12. The van der Waals surface area contributed by atoms with E-state index in [1.165, 1.54) is 49.7 Å². The molecule has 0 aliphatic rings. The second kappa shape index (κ2) is 12.0. The van der Waals surface area contributed by atoms with Crippen molar-refractivity contribution in [2.75, 3.05) is 0 Å². The highest BCUT2D eigenvalue weighted by atomic mass is 14.1. The van der Waals surface area contributed by atoms with Gasteiger partial charge in [0.2, 0.25) is 0 Å². The lowest BCUT2D eigenvalue weighted by Crippen LogP contribution is -2.01. The van der Waals surface area contributed by atoms with Crippen LogP contribution in [0.3, 0.4) is 0 Å². The standard InChI is InChI=1S/C18H30.C2H6/c1-5-7-15(3)13-17-9-11-18(12-10-17)14-16(4)8-6-2;1-2/h9-12,15-16H,5-8,13-14H2,1-4H3;1-2H3.